The molecule has 0 aliphatic carbocycles. The van der Waals surface area contributed by atoms with Crippen LogP contribution in [0.25, 0.3) is 5.70 Å². The number of hydrogen-bond acceptors (Lipinski definition) is 4. The predicted molar refractivity (Wildman–Crippen MR) is 150 cm³/mol. The molecule has 188 valence electrons. The molecule has 1 atom stereocenters. The van der Waals surface area contributed by atoms with Crippen molar-refractivity contribution in [2.24, 2.45) is 0 Å². The summed E-state index contributed by atoms with van der Waals surface area (Å²) < 4.78 is 0. The van der Waals surface area contributed by atoms with Crippen molar-refractivity contribution in [2.45, 2.75) is 24.8 Å². The molecule has 1 amide bonds. The van der Waals surface area contributed by atoms with E-state index in [4.69, 9.17) is 0 Å². The van der Waals surface area contributed by atoms with Crippen LogP contribution in [0.1, 0.15) is 50.0 Å². The summed E-state index contributed by atoms with van der Waals surface area (Å²) in [4.78, 5) is 26.4. The van der Waals surface area contributed by atoms with Crippen molar-refractivity contribution in [2.75, 3.05) is 6.54 Å². The van der Waals surface area contributed by atoms with E-state index in [-0.39, 0.29) is 11.8 Å². The lowest BCUT2D eigenvalue weighted by Gasteiger charge is -2.17. The zero-order valence-corrected chi connectivity index (χ0v) is 21.3. The van der Waals surface area contributed by atoms with Gasteiger partial charge >= 0.3 is 5.97 Å². The van der Waals surface area contributed by atoms with Crippen molar-refractivity contribution in [3.63, 3.8) is 0 Å². The van der Waals surface area contributed by atoms with Crippen LogP contribution in [-0.2, 0) is 4.79 Å². The summed E-state index contributed by atoms with van der Waals surface area (Å²) in [5.74, 6) is -1.42. The Hall–Kier alpha value is -4.16. The van der Waals surface area contributed by atoms with Crippen LogP contribution in [-0.4, -0.2) is 29.6 Å². The summed E-state index contributed by atoms with van der Waals surface area (Å²) in [6.07, 6.45) is 0.883. The smallest absolute Gasteiger partial charge is 0.326 e. The SMILES string of the molecule is C=C(NCCCC(NC(=O)c1ccc(C(c2ccccc2)c2ccccc2)s1)C(=O)O)c1ccccc1. The summed E-state index contributed by atoms with van der Waals surface area (Å²) in [5.41, 5.74) is 4.04. The Morgan fingerprint density at radius 3 is 1.95 bits per heavy atom. The lowest BCUT2D eigenvalue weighted by atomic mass is 9.90. The zero-order chi connectivity index (χ0) is 26.0. The number of benzene rings is 3. The molecule has 37 heavy (non-hydrogen) atoms. The highest BCUT2D eigenvalue weighted by atomic mass is 32.1. The van der Waals surface area contributed by atoms with E-state index >= 15 is 0 Å². The molecule has 3 aromatic carbocycles. The van der Waals surface area contributed by atoms with Crippen molar-refractivity contribution in [3.05, 3.63) is 136 Å². The van der Waals surface area contributed by atoms with Crippen molar-refractivity contribution >= 4 is 28.9 Å². The Bertz CT molecular complexity index is 1280. The first-order valence-electron chi connectivity index (χ1n) is 12.2. The van der Waals surface area contributed by atoms with Gasteiger partial charge in [-0.25, -0.2) is 4.79 Å². The molecule has 0 saturated carbocycles. The Morgan fingerprint density at radius 2 is 1.38 bits per heavy atom. The number of aliphatic carboxylic acids is 1. The maximum Gasteiger partial charge on any atom is 0.326 e. The fraction of sp³-hybridized carbons (Fsp3) is 0.161. The zero-order valence-electron chi connectivity index (χ0n) is 20.5. The summed E-state index contributed by atoms with van der Waals surface area (Å²) in [6, 6.07) is 32.8. The summed E-state index contributed by atoms with van der Waals surface area (Å²) in [5, 5.41) is 15.6. The molecule has 4 aromatic rings. The van der Waals surface area contributed by atoms with Crippen LogP contribution < -0.4 is 10.6 Å². The fourth-order valence-electron chi connectivity index (χ4n) is 4.22. The molecule has 0 bridgehead atoms. The topological polar surface area (TPSA) is 78.4 Å². The number of rotatable bonds is 12. The average Bonchev–Trinajstić information content (AvgIpc) is 3.42. The van der Waals surface area contributed by atoms with Crippen molar-refractivity contribution < 1.29 is 14.7 Å². The molecule has 0 radical (unpaired) electrons. The van der Waals surface area contributed by atoms with Crippen molar-refractivity contribution in [1.82, 2.24) is 10.6 Å². The van der Waals surface area contributed by atoms with Gasteiger partial charge in [0.1, 0.15) is 6.04 Å². The second kappa shape index (κ2) is 12.7. The number of carboxylic acids is 1. The molecule has 4 rings (SSSR count). The number of nitrogens with one attached hydrogen (secondary N) is 2. The van der Waals surface area contributed by atoms with Crippen LogP contribution in [0.5, 0.6) is 0 Å². The quantitative estimate of drug-likeness (QED) is 0.200. The van der Waals surface area contributed by atoms with Crippen LogP contribution in [0.15, 0.2) is 110 Å². The van der Waals surface area contributed by atoms with Gasteiger partial charge in [-0.3, -0.25) is 4.79 Å². The lowest BCUT2D eigenvalue weighted by Crippen LogP contribution is -2.40. The molecular weight excluding hydrogens is 480 g/mol. The predicted octanol–water partition coefficient (Wildman–Crippen LogP) is 6.15. The first-order chi connectivity index (χ1) is 18.0. The third kappa shape index (κ3) is 6.96. The van der Waals surface area contributed by atoms with Gasteiger partial charge < -0.3 is 15.7 Å². The Balaban J connectivity index is 1.39. The number of carbonyl (C=O) groups is 2. The number of carboxylic acid groups (broad SMARTS) is 1. The monoisotopic (exact) mass is 510 g/mol. The molecule has 1 aromatic heterocycles. The Kier molecular flexibility index (Phi) is 8.89. The van der Waals surface area contributed by atoms with Crippen LogP contribution in [0.2, 0.25) is 0 Å². The summed E-state index contributed by atoms with van der Waals surface area (Å²) in [6.45, 7) is 4.59. The molecule has 1 unspecified atom stereocenters. The molecule has 0 spiro atoms. The highest BCUT2D eigenvalue weighted by Gasteiger charge is 2.23. The number of amides is 1. The van der Waals surface area contributed by atoms with E-state index in [1.807, 2.05) is 72.8 Å². The van der Waals surface area contributed by atoms with Gasteiger partial charge in [0.2, 0.25) is 0 Å². The first-order valence-corrected chi connectivity index (χ1v) is 13.1. The van der Waals surface area contributed by atoms with Gasteiger partial charge in [0.15, 0.2) is 0 Å². The van der Waals surface area contributed by atoms with Crippen LogP contribution in [0, 0.1) is 0 Å². The fourth-order valence-corrected chi connectivity index (χ4v) is 5.28. The van der Waals surface area contributed by atoms with Gasteiger partial charge in [0.05, 0.1) is 4.88 Å². The highest BCUT2D eigenvalue weighted by molar-refractivity contribution is 7.14. The second-order valence-corrected chi connectivity index (χ2v) is 9.85. The number of thiophene rings is 1. The lowest BCUT2D eigenvalue weighted by molar-refractivity contribution is -0.139. The first kappa shape index (κ1) is 25.9. The van der Waals surface area contributed by atoms with E-state index in [9.17, 15) is 14.7 Å². The molecule has 1 heterocycles. The van der Waals surface area contributed by atoms with Crippen LogP contribution >= 0.6 is 11.3 Å². The molecule has 0 fully saturated rings. The van der Waals surface area contributed by atoms with E-state index < -0.39 is 12.0 Å². The van der Waals surface area contributed by atoms with E-state index in [0.717, 1.165) is 27.3 Å². The van der Waals surface area contributed by atoms with E-state index in [1.54, 1.807) is 6.07 Å². The van der Waals surface area contributed by atoms with Gasteiger partial charge in [0.25, 0.3) is 5.91 Å². The maximum absolute atomic E-state index is 13.0. The molecular formula is C31H30N2O3S. The van der Waals surface area contributed by atoms with Crippen LogP contribution in [0.3, 0.4) is 0 Å². The molecule has 3 N–H and O–H groups in total. The van der Waals surface area contributed by atoms with Crippen molar-refractivity contribution in [3.8, 4) is 0 Å². The number of carbonyl (C=O) groups excluding carboxylic acids is 1. The minimum atomic E-state index is -1.04. The van der Waals surface area contributed by atoms with Crippen molar-refractivity contribution in [1.29, 1.82) is 0 Å². The molecule has 0 aliphatic rings. The number of hydrogen-bond donors (Lipinski definition) is 3. The van der Waals surface area contributed by atoms with Gasteiger partial charge in [0, 0.05) is 23.0 Å². The van der Waals surface area contributed by atoms with Gasteiger partial charge in [-0.2, -0.15) is 0 Å². The highest BCUT2D eigenvalue weighted by Crippen LogP contribution is 2.36. The molecule has 6 heteroatoms. The van der Waals surface area contributed by atoms with E-state index in [2.05, 4.69) is 41.5 Å². The average molecular weight is 511 g/mol. The third-order valence-corrected chi connectivity index (χ3v) is 7.28. The molecule has 5 nitrogen and oxygen atoms in total. The van der Waals surface area contributed by atoms with Gasteiger partial charge in [-0.05, 0) is 41.7 Å². The largest absolute Gasteiger partial charge is 0.480 e. The van der Waals surface area contributed by atoms with Crippen LogP contribution in [0.4, 0.5) is 0 Å². The Morgan fingerprint density at radius 1 is 0.811 bits per heavy atom. The molecule has 0 saturated heterocycles. The van der Waals surface area contributed by atoms with Gasteiger partial charge in [-0.15, -0.1) is 11.3 Å². The third-order valence-electron chi connectivity index (χ3n) is 6.13. The van der Waals surface area contributed by atoms with Gasteiger partial charge in [-0.1, -0.05) is 97.6 Å². The van der Waals surface area contributed by atoms with E-state index in [1.165, 1.54) is 11.3 Å². The standard InChI is InChI=1S/C31H30N2O3S/c1-22(23-12-5-2-6-13-23)32-21-11-18-26(31(35)36)33-30(34)28-20-19-27(37-28)29(24-14-7-3-8-15-24)25-16-9-4-10-17-25/h2-10,12-17,19-20,26,29,32H,1,11,18,21H2,(H,33,34)(H,35,36). The summed E-state index contributed by atoms with van der Waals surface area (Å²) >= 11 is 1.39. The Labute approximate surface area is 221 Å². The minimum Gasteiger partial charge on any atom is -0.480 e. The minimum absolute atomic E-state index is 0.00647. The second-order valence-electron chi connectivity index (χ2n) is 8.73. The molecule has 0 aliphatic heterocycles. The normalized spacial score (nSPS) is 11.6. The van der Waals surface area contributed by atoms with E-state index in [0.29, 0.717) is 24.3 Å². The summed E-state index contributed by atoms with van der Waals surface area (Å²) in [7, 11) is 0. The maximum atomic E-state index is 13.0.